The van der Waals surface area contributed by atoms with Gasteiger partial charge in [-0.2, -0.15) is 0 Å². The molecule has 4 nitrogen and oxygen atoms in total. The lowest BCUT2D eigenvalue weighted by molar-refractivity contribution is 0.265. The highest BCUT2D eigenvalue weighted by Gasteiger charge is 2.21. The molecule has 0 saturated heterocycles. The molecule has 0 amide bonds. The fraction of sp³-hybridized carbons (Fsp3) is 0.409. The number of nitrogens with one attached hydrogen (secondary N) is 2. The number of guanidine groups is 1. The lowest BCUT2D eigenvalue weighted by atomic mass is 9.84. The minimum Gasteiger partial charge on any atom is -0.396 e. The van der Waals surface area contributed by atoms with Gasteiger partial charge in [-0.3, -0.25) is 4.99 Å². The first-order valence-electron chi connectivity index (χ1n) is 9.13. The van der Waals surface area contributed by atoms with Gasteiger partial charge in [0.05, 0.1) is 6.61 Å². The van der Waals surface area contributed by atoms with Crippen LogP contribution in [0, 0.1) is 6.92 Å². The second kappa shape index (κ2) is 9.39. The van der Waals surface area contributed by atoms with Crippen LogP contribution in [0.2, 0.25) is 0 Å². The summed E-state index contributed by atoms with van der Waals surface area (Å²) in [6.45, 7) is 8.07. The Morgan fingerprint density at radius 2 is 1.81 bits per heavy atom. The van der Waals surface area contributed by atoms with E-state index in [1.165, 1.54) is 11.1 Å². The lowest BCUT2D eigenvalue weighted by Gasteiger charge is -2.27. The smallest absolute Gasteiger partial charge is 0.191 e. The zero-order chi connectivity index (χ0) is 19.0. The maximum Gasteiger partial charge on any atom is 0.191 e. The number of aryl methyl sites for hydroxylation is 1. The van der Waals surface area contributed by atoms with Gasteiger partial charge in [0.1, 0.15) is 0 Å². The Morgan fingerprint density at radius 3 is 2.42 bits per heavy atom. The second-order valence-electron chi connectivity index (χ2n) is 7.35. The average molecular weight is 354 g/mol. The first-order valence-corrected chi connectivity index (χ1v) is 9.13. The monoisotopic (exact) mass is 353 g/mol. The van der Waals surface area contributed by atoms with E-state index in [9.17, 15) is 5.11 Å². The average Bonchev–Trinajstić information content (AvgIpc) is 2.65. The molecule has 0 aliphatic carbocycles. The predicted octanol–water partition coefficient (Wildman–Crippen LogP) is 3.21. The number of hydrogen-bond donors (Lipinski definition) is 3. The van der Waals surface area contributed by atoms with Crippen LogP contribution in [-0.4, -0.2) is 37.8 Å². The van der Waals surface area contributed by atoms with E-state index in [1.54, 1.807) is 7.05 Å². The molecule has 0 aromatic heterocycles. The Labute approximate surface area is 157 Å². The van der Waals surface area contributed by atoms with E-state index in [0.29, 0.717) is 6.54 Å². The Morgan fingerprint density at radius 1 is 1.08 bits per heavy atom. The third-order valence-electron chi connectivity index (χ3n) is 4.73. The number of benzene rings is 2. The molecule has 0 aliphatic heterocycles. The third kappa shape index (κ3) is 5.60. The molecule has 140 valence electrons. The summed E-state index contributed by atoms with van der Waals surface area (Å²) >= 11 is 0. The second-order valence-corrected chi connectivity index (χ2v) is 7.35. The molecular weight excluding hydrogens is 322 g/mol. The number of nitrogens with zero attached hydrogens (tertiary/aromatic N) is 1. The molecule has 0 fully saturated rings. The molecule has 2 rings (SSSR count). The summed E-state index contributed by atoms with van der Waals surface area (Å²) in [5, 5.41) is 16.4. The molecule has 0 spiro atoms. The first kappa shape index (κ1) is 20.0. The molecule has 0 saturated carbocycles. The molecule has 4 heteroatoms. The van der Waals surface area contributed by atoms with Gasteiger partial charge in [-0.05, 0) is 18.1 Å². The maximum absolute atomic E-state index is 9.70. The summed E-state index contributed by atoms with van der Waals surface area (Å²) in [4.78, 5) is 4.32. The number of hydrogen-bond acceptors (Lipinski definition) is 2. The van der Waals surface area contributed by atoms with Crippen LogP contribution in [0.1, 0.15) is 36.5 Å². The highest BCUT2D eigenvalue weighted by molar-refractivity contribution is 5.79. The molecule has 2 aromatic carbocycles. The van der Waals surface area contributed by atoms with Crippen LogP contribution < -0.4 is 10.6 Å². The van der Waals surface area contributed by atoms with Crippen molar-refractivity contribution in [1.82, 2.24) is 10.6 Å². The van der Waals surface area contributed by atoms with Gasteiger partial charge in [-0.25, -0.2) is 0 Å². The van der Waals surface area contributed by atoms with Crippen molar-refractivity contribution in [3.05, 3.63) is 71.3 Å². The van der Waals surface area contributed by atoms with E-state index >= 15 is 0 Å². The number of rotatable bonds is 7. The molecule has 0 heterocycles. The number of aliphatic imine (C=N–C) groups is 1. The summed E-state index contributed by atoms with van der Waals surface area (Å²) in [6.07, 6.45) is 0. The Kier molecular flexibility index (Phi) is 7.22. The Balaban J connectivity index is 1.93. The van der Waals surface area contributed by atoms with E-state index in [1.807, 2.05) is 30.3 Å². The zero-order valence-electron chi connectivity index (χ0n) is 16.3. The Bertz CT molecular complexity index is 710. The van der Waals surface area contributed by atoms with Gasteiger partial charge < -0.3 is 15.7 Å². The van der Waals surface area contributed by atoms with Gasteiger partial charge in [0.2, 0.25) is 0 Å². The number of aliphatic hydroxyl groups excluding tert-OH is 1. The van der Waals surface area contributed by atoms with Crippen molar-refractivity contribution in [1.29, 1.82) is 0 Å². The fourth-order valence-corrected chi connectivity index (χ4v) is 2.93. The van der Waals surface area contributed by atoms with Crippen LogP contribution in [0.15, 0.2) is 59.6 Å². The highest BCUT2D eigenvalue weighted by atomic mass is 16.3. The van der Waals surface area contributed by atoms with Crippen molar-refractivity contribution in [2.75, 3.05) is 26.7 Å². The molecule has 2 aromatic rings. The third-order valence-corrected chi connectivity index (χ3v) is 4.73. The standard InChI is InChI=1S/C22H31N3O/c1-17-9-8-12-20(13-17)22(2,3)16-25-21(23-4)24-14-19(15-26)18-10-6-5-7-11-18/h5-13,19,26H,14-16H2,1-4H3,(H2,23,24,25). The largest absolute Gasteiger partial charge is 0.396 e. The molecule has 26 heavy (non-hydrogen) atoms. The minimum absolute atomic E-state index is 0.0144. The number of aliphatic hydroxyl groups is 1. The molecule has 3 N–H and O–H groups in total. The van der Waals surface area contributed by atoms with E-state index < -0.39 is 0 Å². The minimum atomic E-state index is -0.0144. The van der Waals surface area contributed by atoms with Crippen LogP contribution in [0.5, 0.6) is 0 Å². The summed E-state index contributed by atoms with van der Waals surface area (Å²) in [6, 6.07) is 18.7. The molecule has 1 atom stereocenters. The van der Waals surface area contributed by atoms with Gasteiger partial charge in [-0.1, -0.05) is 74.0 Å². The van der Waals surface area contributed by atoms with Crippen molar-refractivity contribution in [2.24, 2.45) is 4.99 Å². The van der Waals surface area contributed by atoms with Crippen LogP contribution in [0.4, 0.5) is 0 Å². The van der Waals surface area contributed by atoms with E-state index in [2.05, 4.69) is 60.7 Å². The normalized spacial score (nSPS) is 13.3. The zero-order valence-corrected chi connectivity index (χ0v) is 16.3. The molecule has 0 radical (unpaired) electrons. The van der Waals surface area contributed by atoms with Crippen molar-refractivity contribution >= 4 is 5.96 Å². The van der Waals surface area contributed by atoms with Crippen LogP contribution in [0.3, 0.4) is 0 Å². The summed E-state index contributed by atoms with van der Waals surface area (Å²) in [5.74, 6) is 0.791. The van der Waals surface area contributed by atoms with Crippen LogP contribution in [-0.2, 0) is 5.41 Å². The quantitative estimate of drug-likeness (QED) is 0.529. The summed E-state index contributed by atoms with van der Waals surface area (Å²) < 4.78 is 0. The van der Waals surface area contributed by atoms with Gasteiger partial charge in [0.25, 0.3) is 0 Å². The van der Waals surface area contributed by atoms with Gasteiger partial charge >= 0.3 is 0 Å². The summed E-state index contributed by atoms with van der Waals surface area (Å²) in [5.41, 5.74) is 3.68. The predicted molar refractivity (Wildman–Crippen MR) is 110 cm³/mol. The molecule has 0 aliphatic rings. The van der Waals surface area contributed by atoms with Crippen LogP contribution in [0.25, 0.3) is 0 Å². The molecular formula is C22H31N3O. The fourth-order valence-electron chi connectivity index (χ4n) is 2.93. The topological polar surface area (TPSA) is 56.7 Å². The van der Waals surface area contributed by atoms with E-state index in [-0.39, 0.29) is 17.9 Å². The van der Waals surface area contributed by atoms with Crippen molar-refractivity contribution in [3.63, 3.8) is 0 Å². The summed E-state index contributed by atoms with van der Waals surface area (Å²) in [7, 11) is 1.77. The molecule has 1 unspecified atom stereocenters. The van der Waals surface area contributed by atoms with Gasteiger partial charge in [0.15, 0.2) is 5.96 Å². The van der Waals surface area contributed by atoms with Gasteiger partial charge in [-0.15, -0.1) is 0 Å². The maximum atomic E-state index is 9.70. The SMILES string of the molecule is CN=C(NCC(CO)c1ccccc1)NCC(C)(C)c1cccc(C)c1. The van der Waals surface area contributed by atoms with E-state index in [0.717, 1.165) is 18.1 Å². The molecule has 0 bridgehead atoms. The Hall–Kier alpha value is -2.33. The highest BCUT2D eigenvalue weighted by Crippen LogP contribution is 2.23. The van der Waals surface area contributed by atoms with Crippen molar-refractivity contribution in [3.8, 4) is 0 Å². The van der Waals surface area contributed by atoms with Crippen LogP contribution >= 0.6 is 0 Å². The van der Waals surface area contributed by atoms with Gasteiger partial charge in [0, 0.05) is 31.5 Å². The van der Waals surface area contributed by atoms with Crippen molar-refractivity contribution < 1.29 is 5.11 Å². The lowest BCUT2D eigenvalue weighted by Crippen LogP contribution is -2.44. The van der Waals surface area contributed by atoms with Crippen molar-refractivity contribution in [2.45, 2.75) is 32.1 Å². The first-order chi connectivity index (χ1) is 12.5. The van der Waals surface area contributed by atoms with E-state index in [4.69, 9.17) is 0 Å².